The van der Waals surface area contributed by atoms with Gasteiger partial charge in [-0.3, -0.25) is 0 Å². The zero-order valence-electron chi connectivity index (χ0n) is 10.4. The molecule has 0 spiro atoms. The van der Waals surface area contributed by atoms with E-state index in [1.54, 1.807) is 0 Å². The van der Waals surface area contributed by atoms with Gasteiger partial charge in [0, 0.05) is 11.1 Å². The summed E-state index contributed by atoms with van der Waals surface area (Å²) in [6.45, 7) is 11.0. The average Bonchev–Trinajstić information content (AvgIpc) is 2.22. The van der Waals surface area contributed by atoms with E-state index < -0.39 is 24.1 Å². The summed E-state index contributed by atoms with van der Waals surface area (Å²) in [6.07, 6.45) is -1.86. The molecule has 0 heterocycles. The minimum absolute atomic E-state index is 0.210. The van der Waals surface area contributed by atoms with E-state index in [1.807, 2.05) is 0 Å². The lowest BCUT2D eigenvalue weighted by molar-refractivity contribution is -0.160. The van der Waals surface area contributed by atoms with Crippen molar-refractivity contribution in [1.29, 1.82) is 0 Å². The number of ether oxygens (including phenoxy) is 2. The molecule has 1 N–H and O–H groups in total. The van der Waals surface area contributed by atoms with Crippen LogP contribution in [-0.2, 0) is 19.1 Å². The monoisotopic (exact) mass is 242 g/mol. The molecular weight excluding hydrogens is 224 g/mol. The summed E-state index contributed by atoms with van der Waals surface area (Å²) in [5, 5.41) is 9.37. The van der Waals surface area contributed by atoms with Crippen molar-refractivity contribution in [2.75, 3.05) is 6.61 Å². The Morgan fingerprint density at radius 1 is 1.18 bits per heavy atom. The molecule has 0 bridgehead atoms. The average molecular weight is 242 g/mol. The van der Waals surface area contributed by atoms with Crippen molar-refractivity contribution in [2.24, 2.45) is 0 Å². The molecule has 0 rings (SSSR count). The van der Waals surface area contributed by atoms with Crippen LogP contribution in [0, 0.1) is 0 Å². The van der Waals surface area contributed by atoms with Crippen molar-refractivity contribution in [3.05, 3.63) is 24.3 Å². The van der Waals surface area contributed by atoms with Crippen LogP contribution in [0.1, 0.15) is 20.8 Å². The van der Waals surface area contributed by atoms with E-state index in [-0.39, 0.29) is 17.8 Å². The molecule has 0 radical (unpaired) electrons. The van der Waals surface area contributed by atoms with E-state index in [2.05, 4.69) is 13.2 Å². The van der Waals surface area contributed by atoms with Crippen LogP contribution >= 0.6 is 0 Å². The van der Waals surface area contributed by atoms with Crippen molar-refractivity contribution in [2.45, 2.75) is 33.0 Å². The van der Waals surface area contributed by atoms with Gasteiger partial charge in [-0.1, -0.05) is 13.2 Å². The predicted molar refractivity (Wildman–Crippen MR) is 62.1 cm³/mol. The summed E-state index contributed by atoms with van der Waals surface area (Å²) in [5.74, 6) is -1.23. The van der Waals surface area contributed by atoms with E-state index in [9.17, 15) is 14.7 Å². The summed E-state index contributed by atoms with van der Waals surface area (Å²) in [6, 6.07) is 0. The molecule has 0 saturated heterocycles. The van der Waals surface area contributed by atoms with E-state index >= 15 is 0 Å². The number of rotatable bonds is 6. The second-order valence-electron chi connectivity index (χ2n) is 3.84. The fourth-order valence-electron chi connectivity index (χ4n) is 0.791. The summed E-state index contributed by atoms with van der Waals surface area (Å²) >= 11 is 0. The highest BCUT2D eigenvalue weighted by Gasteiger charge is 2.22. The van der Waals surface area contributed by atoms with Crippen LogP contribution in [0.5, 0.6) is 0 Å². The lowest BCUT2D eigenvalue weighted by Crippen LogP contribution is -2.34. The van der Waals surface area contributed by atoms with E-state index in [1.165, 1.54) is 20.8 Å². The first-order valence-electron chi connectivity index (χ1n) is 5.13. The third kappa shape index (κ3) is 5.87. The molecule has 0 aromatic rings. The van der Waals surface area contributed by atoms with Crippen LogP contribution in [-0.4, -0.2) is 35.9 Å². The van der Waals surface area contributed by atoms with Gasteiger partial charge in [-0.2, -0.15) is 0 Å². The highest BCUT2D eigenvalue weighted by Crippen LogP contribution is 2.05. The van der Waals surface area contributed by atoms with Gasteiger partial charge in [-0.15, -0.1) is 0 Å². The van der Waals surface area contributed by atoms with E-state index in [0.29, 0.717) is 0 Å². The van der Waals surface area contributed by atoms with Gasteiger partial charge in [0.1, 0.15) is 6.61 Å². The number of aliphatic hydroxyl groups is 1. The second-order valence-corrected chi connectivity index (χ2v) is 3.84. The Balaban J connectivity index is 4.36. The Morgan fingerprint density at radius 2 is 1.65 bits per heavy atom. The molecule has 2 unspecified atom stereocenters. The minimum Gasteiger partial charge on any atom is -0.458 e. The standard InChI is InChI=1S/C12H18O5/c1-7(2)11(14)16-6-10(9(5)13)17-12(15)8(3)4/h9-10,13H,1,3,6H2,2,4-5H3. The molecule has 0 saturated carbocycles. The van der Waals surface area contributed by atoms with Crippen molar-refractivity contribution in [3.8, 4) is 0 Å². The molecule has 0 aliphatic rings. The number of esters is 2. The number of aliphatic hydroxyl groups excluding tert-OH is 1. The second kappa shape index (κ2) is 6.85. The first kappa shape index (κ1) is 15.4. The first-order chi connectivity index (χ1) is 7.75. The Kier molecular flexibility index (Phi) is 6.20. The van der Waals surface area contributed by atoms with Crippen LogP contribution in [0.3, 0.4) is 0 Å². The Morgan fingerprint density at radius 3 is 2.00 bits per heavy atom. The molecule has 17 heavy (non-hydrogen) atoms. The molecular formula is C12H18O5. The van der Waals surface area contributed by atoms with Crippen LogP contribution in [0.2, 0.25) is 0 Å². The van der Waals surface area contributed by atoms with E-state index in [4.69, 9.17) is 9.47 Å². The molecule has 0 amide bonds. The van der Waals surface area contributed by atoms with Crippen molar-refractivity contribution in [3.63, 3.8) is 0 Å². The predicted octanol–water partition coefficient (Wildman–Crippen LogP) is 0.974. The van der Waals surface area contributed by atoms with Crippen LogP contribution in [0.25, 0.3) is 0 Å². The molecule has 0 aromatic heterocycles. The number of carbonyl (C=O) groups excluding carboxylic acids is 2. The lowest BCUT2D eigenvalue weighted by Gasteiger charge is -2.20. The molecule has 0 aromatic carbocycles. The fraction of sp³-hybridized carbons (Fsp3) is 0.500. The quantitative estimate of drug-likeness (QED) is 0.555. The Hall–Kier alpha value is -1.62. The van der Waals surface area contributed by atoms with Gasteiger partial charge >= 0.3 is 11.9 Å². The summed E-state index contributed by atoms with van der Waals surface area (Å²) < 4.78 is 9.71. The van der Waals surface area contributed by atoms with Gasteiger partial charge in [-0.25, -0.2) is 9.59 Å². The van der Waals surface area contributed by atoms with Gasteiger partial charge in [0.25, 0.3) is 0 Å². The van der Waals surface area contributed by atoms with Gasteiger partial charge < -0.3 is 14.6 Å². The largest absolute Gasteiger partial charge is 0.458 e. The highest BCUT2D eigenvalue weighted by molar-refractivity contribution is 5.87. The maximum Gasteiger partial charge on any atom is 0.333 e. The SMILES string of the molecule is C=C(C)C(=O)OCC(OC(=O)C(=C)C)C(C)O. The summed E-state index contributed by atoms with van der Waals surface area (Å²) in [7, 11) is 0. The zero-order valence-corrected chi connectivity index (χ0v) is 10.4. The van der Waals surface area contributed by atoms with E-state index in [0.717, 1.165) is 0 Å². The number of hydrogen-bond donors (Lipinski definition) is 1. The Labute approximate surface area is 101 Å². The molecule has 5 heteroatoms. The van der Waals surface area contributed by atoms with Crippen molar-refractivity contribution >= 4 is 11.9 Å². The molecule has 0 aliphatic heterocycles. The van der Waals surface area contributed by atoms with Crippen LogP contribution in [0.4, 0.5) is 0 Å². The summed E-state index contributed by atoms with van der Waals surface area (Å²) in [5.41, 5.74) is 0.447. The minimum atomic E-state index is -0.948. The Bertz CT molecular complexity index is 330. The lowest BCUT2D eigenvalue weighted by atomic mass is 10.2. The molecule has 96 valence electrons. The molecule has 0 aliphatic carbocycles. The number of carbonyl (C=O) groups is 2. The highest BCUT2D eigenvalue weighted by atomic mass is 16.6. The fourth-order valence-corrected chi connectivity index (χ4v) is 0.791. The third-order valence-electron chi connectivity index (χ3n) is 1.87. The van der Waals surface area contributed by atoms with Crippen LogP contribution < -0.4 is 0 Å². The normalized spacial score (nSPS) is 13.4. The van der Waals surface area contributed by atoms with Gasteiger partial charge in [0.05, 0.1) is 6.10 Å². The van der Waals surface area contributed by atoms with Gasteiger partial charge in [0.15, 0.2) is 6.10 Å². The zero-order chi connectivity index (χ0) is 13.6. The first-order valence-corrected chi connectivity index (χ1v) is 5.13. The third-order valence-corrected chi connectivity index (χ3v) is 1.87. The van der Waals surface area contributed by atoms with Gasteiger partial charge in [-0.05, 0) is 20.8 Å². The maximum absolute atomic E-state index is 11.2. The van der Waals surface area contributed by atoms with Crippen molar-refractivity contribution in [1.82, 2.24) is 0 Å². The topological polar surface area (TPSA) is 72.8 Å². The maximum atomic E-state index is 11.2. The summed E-state index contributed by atoms with van der Waals surface area (Å²) in [4.78, 5) is 22.4. The van der Waals surface area contributed by atoms with Crippen LogP contribution in [0.15, 0.2) is 24.3 Å². The molecule has 5 nitrogen and oxygen atoms in total. The molecule has 0 fully saturated rings. The van der Waals surface area contributed by atoms with Crippen molar-refractivity contribution < 1.29 is 24.2 Å². The molecule has 2 atom stereocenters. The number of hydrogen-bond acceptors (Lipinski definition) is 5. The van der Waals surface area contributed by atoms with Gasteiger partial charge in [0.2, 0.25) is 0 Å². The smallest absolute Gasteiger partial charge is 0.333 e.